The molecule has 1 unspecified atom stereocenters. The predicted octanol–water partition coefficient (Wildman–Crippen LogP) is 4.76. The average molecular weight is 317 g/mol. The van der Waals surface area contributed by atoms with Crippen LogP contribution in [-0.4, -0.2) is 12.0 Å². The lowest BCUT2D eigenvalue weighted by atomic mass is 10.0. The van der Waals surface area contributed by atoms with Gasteiger partial charge in [0.2, 0.25) is 0 Å². The Bertz CT molecular complexity index is 766. The Morgan fingerprint density at radius 2 is 2.05 bits per heavy atom. The van der Waals surface area contributed by atoms with E-state index in [1.807, 2.05) is 19.2 Å². The number of nitrogens with zero attached hydrogens (tertiary/aromatic N) is 1. The molecule has 108 valence electrons. The van der Waals surface area contributed by atoms with E-state index < -0.39 is 0 Å². The molecule has 0 saturated carbocycles. The van der Waals surface area contributed by atoms with E-state index in [1.54, 1.807) is 11.3 Å². The van der Waals surface area contributed by atoms with Gasteiger partial charge in [-0.2, -0.15) is 0 Å². The molecule has 0 aliphatic heterocycles. The molecule has 0 saturated heterocycles. The van der Waals surface area contributed by atoms with E-state index in [0.717, 1.165) is 22.0 Å². The number of pyridine rings is 1. The van der Waals surface area contributed by atoms with Crippen LogP contribution in [0.3, 0.4) is 0 Å². The summed E-state index contributed by atoms with van der Waals surface area (Å²) in [6.45, 7) is 2.14. The standard InChI is InChI=1S/C17H17ClN2S/c1-11-9-16(20-14-6-4-3-5-13(11)14)15(19-2)10-12-7-8-17(18)21-12/h3-9,15,19H,10H2,1-2H3. The third-order valence-electron chi connectivity index (χ3n) is 3.68. The zero-order chi connectivity index (χ0) is 14.8. The first-order valence-electron chi connectivity index (χ1n) is 6.95. The molecule has 0 amide bonds. The fourth-order valence-corrected chi connectivity index (χ4v) is 3.70. The number of thiophene rings is 1. The maximum atomic E-state index is 6.02. The molecule has 0 aliphatic rings. The molecule has 0 spiro atoms. The molecular weight excluding hydrogens is 300 g/mol. The zero-order valence-corrected chi connectivity index (χ0v) is 13.6. The van der Waals surface area contributed by atoms with Crippen molar-refractivity contribution in [1.29, 1.82) is 0 Å². The van der Waals surface area contributed by atoms with Crippen molar-refractivity contribution < 1.29 is 0 Å². The molecule has 0 fully saturated rings. The second-order valence-electron chi connectivity index (χ2n) is 5.13. The van der Waals surface area contributed by atoms with Gasteiger partial charge in [0.05, 0.1) is 21.6 Å². The largest absolute Gasteiger partial charge is 0.311 e. The highest BCUT2D eigenvalue weighted by molar-refractivity contribution is 7.16. The quantitative estimate of drug-likeness (QED) is 0.750. The third kappa shape index (κ3) is 3.10. The zero-order valence-electron chi connectivity index (χ0n) is 12.1. The van der Waals surface area contributed by atoms with Crippen molar-refractivity contribution in [3.63, 3.8) is 0 Å². The van der Waals surface area contributed by atoms with Crippen molar-refractivity contribution in [2.24, 2.45) is 0 Å². The smallest absolute Gasteiger partial charge is 0.0931 e. The molecule has 2 nitrogen and oxygen atoms in total. The third-order valence-corrected chi connectivity index (χ3v) is 4.94. The van der Waals surface area contributed by atoms with Gasteiger partial charge in [-0.1, -0.05) is 29.8 Å². The summed E-state index contributed by atoms with van der Waals surface area (Å²) in [7, 11) is 1.98. The van der Waals surface area contributed by atoms with Gasteiger partial charge < -0.3 is 5.32 Å². The minimum absolute atomic E-state index is 0.197. The monoisotopic (exact) mass is 316 g/mol. The Morgan fingerprint density at radius 1 is 1.24 bits per heavy atom. The topological polar surface area (TPSA) is 24.9 Å². The summed E-state index contributed by atoms with van der Waals surface area (Å²) >= 11 is 7.65. The molecule has 1 N–H and O–H groups in total. The van der Waals surface area contributed by atoms with Crippen LogP contribution in [0.5, 0.6) is 0 Å². The van der Waals surface area contributed by atoms with Gasteiger partial charge in [0.15, 0.2) is 0 Å². The summed E-state index contributed by atoms with van der Waals surface area (Å²) in [4.78, 5) is 6.09. The van der Waals surface area contributed by atoms with Crippen LogP contribution in [0, 0.1) is 6.92 Å². The van der Waals surface area contributed by atoms with E-state index in [4.69, 9.17) is 16.6 Å². The number of para-hydroxylation sites is 1. The lowest BCUT2D eigenvalue weighted by Crippen LogP contribution is -2.19. The number of likely N-dealkylation sites (N-methyl/N-ethyl adjacent to an activating group) is 1. The van der Waals surface area contributed by atoms with E-state index >= 15 is 0 Å². The number of aromatic nitrogens is 1. The molecule has 3 rings (SSSR count). The SMILES string of the molecule is CNC(Cc1ccc(Cl)s1)c1cc(C)c2ccccc2n1. The van der Waals surface area contributed by atoms with Crippen LogP contribution in [0.15, 0.2) is 42.5 Å². The van der Waals surface area contributed by atoms with E-state index in [1.165, 1.54) is 15.8 Å². The first-order chi connectivity index (χ1) is 10.2. The number of benzene rings is 1. The molecule has 0 aliphatic carbocycles. The summed E-state index contributed by atoms with van der Waals surface area (Å²) in [6.07, 6.45) is 0.901. The molecule has 1 aromatic carbocycles. The Hall–Kier alpha value is -1.42. The number of hydrogen-bond donors (Lipinski definition) is 1. The minimum atomic E-state index is 0.197. The van der Waals surface area contributed by atoms with Gasteiger partial charge in [0.1, 0.15) is 0 Å². The second kappa shape index (κ2) is 6.14. The van der Waals surface area contributed by atoms with Crippen molar-refractivity contribution in [2.75, 3.05) is 7.05 Å². The molecule has 0 bridgehead atoms. The highest BCUT2D eigenvalue weighted by Crippen LogP contribution is 2.27. The van der Waals surface area contributed by atoms with Crippen LogP contribution >= 0.6 is 22.9 Å². The Kier molecular flexibility index (Phi) is 4.24. The number of halogens is 1. The van der Waals surface area contributed by atoms with Gasteiger partial charge >= 0.3 is 0 Å². The fraction of sp³-hybridized carbons (Fsp3) is 0.235. The lowest BCUT2D eigenvalue weighted by Gasteiger charge is -2.16. The highest BCUT2D eigenvalue weighted by Gasteiger charge is 2.14. The van der Waals surface area contributed by atoms with Crippen LogP contribution in [0.2, 0.25) is 4.34 Å². The second-order valence-corrected chi connectivity index (χ2v) is 6.93. The maximum Gasteiger partial charge on any atom is 0.0931 e. The number of hydrogen-bond acceptors (Lipinski definition) is 3. The summed E-state index contributed by atoms with van der Waals surface area (Å²) < 4.78 is 0.836. The highest BCUT2D eigenvalue weighted by atomic mass is 35.5. The van der Waals surface area contributed by atoms with Crippen molar-refractivity contribution in [1.82, 2.24) is 10.3 Å². The van der Waals surface area contributed by atoms with Crippen LogP contribution in [-0.2, 0) is 6.42 Å². The normalized spacial score (nSPS) is 12.7. The number of rotatable bonds is 4. The first-order valence-corrected chi connectivity index (χ1v) is 8.14. The number of fused-ring (bicyclic) bond motifs is 1. The molecule has 21 heavy (non-hydrogen) atoms. The van der Waals surface area contributed by atoms with E-state index in [-0.39, 0.29) is 6.04 Å². The van der Waals surface area contributed by atoms with E-state index in [2.05, 4.69) is 42.6 Å². The molecule has 2 aromatic heterocycles. The molecule has 0 radical (unpaired) electrons. The fourth-order valence-electron chi connectivity index (χ4n) is 2.57. The van der Waals surface area contributed by atoms with E-state index in [0.29, 0.717) is 0 Å². The Balaban J connectivity index is 1.96. The summed E-state index contributed by atoms with van der Waals surface area (Å²) in [5.74, 6) is 0. The van der Waals surface area contributed by atoms with Crippen molar-refractivity contribution in [3.8, 4) is 0 Å². The van der Waals surface area contributed by atoms with Gasteiger partial charge in [-0.05, 0) is 43.8 Å². The van der Waals surface area contributed by atoms with Gasteiger partial charge in [0.25, 0.3) is 0 Å². The molecule has 1 atom stereocenters. The lowest BCUT2D eigenvalue weighted by molar-refractivity contribution is 0.582. The van der Waals surface area contributed by atoms with Gasteiger partial charge in [0, 0.05) is 16.7 Å². The van der Waals surface area contributed by atoms with Gasteiger partial charge in [-0.3, -0.25) is 4.98 Å². The van der Waals surface area contributed by atoms with Crippen LogP contribution in [0.1, 0.15) is 22.2 Å². The van der Waals surface area contributed by atoms with Crippen LogP contribution in [0.4, 0.5) is 0 Å². The Labute approximate surface area is 133 Å². The maximum absolute atomic E-state index is 6.02. The van der Waals surface area contributed by atoms with Crippen LogP contribution < -0.4 is 5.32 Å². The molecular formula is C17H17ClN2S. The van der Waals surface area contributed by atoms with Gasteiger partial charge in [-0.15, -0.1) is 11.3 Å². The van der Waals surface area contributed by atoms with Crippen molar-refractivity contribution in [3.05, 3.63) is 62.9 Å². The minimum Gasteiger partial charge on any atom is -0.311 e. The van der Waals surface area contributed by atoms with Crippen molar-refractivity contribution in [2.45, 2.75) is 19.4 Å². The van der Waals surface area contributed by atoms with Gasteiger partial charge in [-0.25, -0.2) is 0 Å². The molecule has 4 heteroatoms. The molecule has 3 aromatic rings. The Morgan fingerprint density at radius 3 is 2.76 bits per heavy atom. The summed E-state index contributed by atoms with van der Waals surface area (Å²) in [6, 6.07) is 14.7. The average Bonchev–Trinajstić information content (AvgIpc) is 2.90. The number of aryl methyl sites for hydroxylation is 1. The predicted molar refractivity (Wildman–Crippen MR) is 91.3 cm³/mol. The van der Waals surface area contributed by atoms with E-state index in [9.17, 15) is 0 Å². The molecule has 2 heterocycles. The summed E-state index contributed by atoms with van der Waals surface area (Å²) in [5.41, 5.74) is 3.40. The first kappa shape index (κ1) is 14.5. The van der Waals surface area contributed by atoms with Crippen molar-refractivity contribution >= 4 is 33.8 Å². The summed E-state index contributed by atoms with van der Waals surface area (Å²) in [5, 5.41) is 4.59. The van der Waals surface area contributed by atoms with Crippen LogP contribution in [0.25, 0.3) is 10.9 Å². The number of nitrogens with one attached hydrogen (secondary N) is 1.